The van der Waals surface area contributed by atoms with E-state index in [1.165, 1.54) is 42.3 Å². The van der Waals surface area contributed by atoms with E-state index in [1.54, 1.807) is 0 Å². The molecule has 1 aromatic heterocycles. The van der Waals surface area contributed by atoms with Crippen molar-refractivity contribution in [3.63, 3.8) is 0 Å². The molecule has 0 aliphatic carbocycles. The molecule has 1 saturated heterocycles. The molecule has 0 amide bonds. The Labute approximate surface area is 115 Å². The van der Waals surface area contributed by atoms with Crippen molar-refractivity contribution in [2.75, 3.05) is 6.54 Å². The summed E-state index contributed by atoms with van der Waals surface area (Å²) in [6.45, 7) is 7.05. The molecule has 1 N–H and O–H groups in total. The molecule has 0 spiro atoms. The van der Waals surface area contributed by atoms with Crippen LogP contribution in [0.3, 0.4) is 0 Å². The van der Waals surface area contributed by atoms with E-state index in [1.807, 2.05) is 0 Å². The first-order valence-corrected chi connectivity index (χ1v) is 7.57. The zero-order valence-corrected chi connectivity index (χ0v) is 12.0. The molecule has 2 nitrogen and oxygen atoms in total. The van der Waals surface area contributed by atoms with E-state index in [0.717, 1.165) is 18.5 Å². The number of rotatable bonds is 3. The Balaban J connectivity index is 1.80. The van der Waals surface area contributed by atoms with E-state index in [4.69, 9.17) is 0 Å². The molecule has 1 aliphatic heterocycles. The molecule has 2 heteroatoms. The molecule has 2 aromatic rings. The minimum atomic E-state index is 0.719. The summed E-state index contributed by atoms with van der Waals surface area (Å²) in [5.41, 5.74) is 2.70. The average Bonchev–Trinajstić information content (AvgIpc) is 2.85. The molecule has 2 heterocycles. The van der Waals surface area contributed by atoms with Crippen LogP contribution in [-0.2, 0) is 6.54 Å². The number of aromatic amines is 1. The lowest BCUT2D eigenvalue weighted by Gasteiger charge is -2.37. The van der Waals surface area contributed by atoms with Crippen molar-refractivity contribution >= 4 is 10.9 Å². The van der Waals surface area contributed by atoms with E-state index in [2.05, 4.69) is 54.2 Å². The lowest BCUT2D eigenvalue weighted by molar-refractivity contribution is 0.109. The Kier molecular flexibility index (Phi) is 3.61. The van der Waals surface area contributed by atoms with E-state index in [-0.39, 0.29) is 0 Å². The second-order valence-electron chi connectivity index (χ2n) is 5.99. The highest BCUT2D eigenvalue weighted by atomic mass is 15.2. The van der Waals surface area contributed by atoms with Crippen LogP contribution >= 0.6 is 0 Å². The summed E-state index contributed by atoms with van der Waals surface area (Å²) in [6.07, 6.45) is 6.26. The Morgan fingerprint density at radius 3 is 2.95 bits per heavy atom. The number of aromatic nitrogens is 1. The summed E-state index contributed by atoms with van der Waals surface area (Å²) in [5.74, 6) is 0.890. The maximum Gasteiger partial charge on any atom is 0.0457 e. The van der Waals surface area contributed by atoms with Crippen LogP contribution in [0.5, 0.6) is 0 Å². The van der Waals surface area contributed by atoms with Gasteiger partial charge in [0.15, 0.2) is 0 Å². The molecular weight excluding hydrogens is 232 g/mol. The monoisotopic (exact) mass is 256 g/mol. The lowest BCUT2D eigenvalue weighted by atomic mass is 9.91. The lowest BCUT2D eigenvalue weighted by Crippen LogP contribution is -2.40. The number of piperidine rings is 1. The molecule has 102 valence electrons. The second-order valence-corrected chi connectivity index (χ2v) is 5.99. The number of nitrogens with zero attached hydrogens (tertiary/aromatic N) is 1. The van der Waals surface area contributed by atoms with Gasteiger partial charge in [0, 0.05) is 36.2 Å². The standard InChI is InChI=1S/C17H24N2/c1-3-14-9-8-13(2)19(11-14)12-15-10-18-17-7-5-4-6-16(15)17/h4-7,10,13-14,18H,3,8-9,11-12H2,1-2H3. The molecule has 2 atom stereocenters. The first-order chi connectivity index (χ1) is 9.28. The van der Waals surface area contributed by atoms with Crippen molar-refractivity contribution in [3.05, 3.63) is 36.0 Å². The predicted octanol–water partition coefficient (Wildman–Crippen LogP) is 4.18. The van der Waals surface area contributed by atoms with Crippen molar-refractivity contribution in [1.29, 1.82) is 0 Å². The van der Waals surface area contributed by atoms with Gasteiger partial charge in [0.1, 0.15) is 0 Å². The van der Waals surface area contributed by atoms with Crippen molar-refractivity contribution < 1.29 is 0 Å². The van der Waals surface area contributed by atoms with Crippen molar-refractivity contribution in [3.8, 4) is 0 Å². The molecular formula is C17H24N2. The topological polar surface area (TPSA) is 19.0 Å². The zero-order chi connectivity index (χ0) is 13.2. The van der Waals surface area contributed by atoms with Gasteiger partial charge in [-0.2, -0.15) is 0 Å². The third-order valence-corrected chi connectivity index (χ3v) is 4.73. The SMILES string of the molecule is CCC1CCC(C)N(Cc2c[nH]c3ccccc23)C1. The van der Waals surface area contributed by atoms with Crippen LogP contribution in [-0.4, -0.2) is 22.5 Å². The van der Waals surface area contributed by atoms with Gasteiger partial charge in [-0.3, -0.25) is 4.90 Å². The molecule has 19 heavy (non-hydrogen) atoms. The second kappa shape index (κ2) is 5.38. The smallest absolute Gasteiger partial charge is 0.0457 e. The summed E-state index contributed by atoms with van der Waals surface area (Å²) in [4.78, 5) is 6.05. The summed E-state index contributed by atoms with van der Waals surface area (Å²) < 4.78 is 0. The van der Waals surface area contributed by atoms with E-state index in [9.17, 15) is 0 Å². The van der Waals surface area contributed by atoms with Crippen molar-refractivity contribution in [1.82, 2.24) is 9.88 Å². The third kappa shape index (κ3) is 2.55. The summed E-state index contributed by atoms with van der Waals surface area (Å²) in [7, 11) is 0. The number of nitrogens with one attached hydrogen (secondary N) is 1. The van der Waals surface area contributed by atoms with Crippen LogP contribution in [0.25, 0.3) is 10.9 Å². The van der Waals surface area contributed by atoms with Crippen molar-refractivity contribution in [2.45, 2.75) is 45.7 Å². The van der Waals surface area contributed by atoms with Crippen LogP contribution in [0.4, 0.5) is 0 Å². The Morgan fingerprint density at radius 2 is 2.11 bits per heavy atom. The van der Waals surface area contributed by atoms with Gasteiger partial charge < -0.3 is 4.98 Å². The summed E-state index contributed by atoms with van der Waals surface area (Å²) in [6, 6.07) is 9.34. The normalized spacial score (nSPS) is 24.9. The van der Waals surface area contributed by atoms with Crippen LogP contribution in [0.1, 0.15) is 38.7 Å². The largest absolute Gasteiger partial charge is 0.361 e. The highest BCUT2D eigenvalue weighted by Crippen LogP contribution is 2.27. The number of likely N-dealkylation sites (tertiary alicyclic amines) is 1. The zero-order valence-electron chi connectivity index (χ0n) is 12.0. The van der Waals surface area contributed by atoms with Gasteiger partial charge in [0.05, 0.1) is 0 Å². The minimum Gasteiger partial charge on any atom is -0.361 e. The van der Waals surface area contributed by atoms with E-state index < -0.39 is 0 Å². The fraction of sp³-hybridized carbons (Fsp3) is 0.529. The Hall–Kier alpha value is -1.28. The van der Waals surface area contributed by atoms with Gasteiger partial charge in [-0.15, -0.1) is 0 Å². The number of hydrogen-bond donors (Lipinski definition) is 1. The first kappa shape index (κ1) is 12.7. The van der Waals surface area contributed by atoms with Crippen molar-refractivity contribution in [2.24, 2.45) is 5.92 Å². The molecule has 0 saturated carbocycles. The van der Waals surface area contributed by atoms with E-state index >= 15 is 0 Å². The third-order valence-electron chi connectivity index (χ3n) is 4.73. The van der Waals surface area contributed by atoms with E-state index in [0.29, 0.717) is 0 Å². The predicted molar refractivity (Wildman–Crippen MR) is 81.2 cm³/mol. The highest BCUT2D eigenvalue weighted by molar-refractivity contribution is 5.82. The van der Waals surface area contributed by atoms with Gasteiger partial charge in [-0.05, 0) is 37.3 Å². The quantitative estimate of drug-likeness (QED) is 0.873. The molecule has 1 aromatic carbocycles. The molecule has 1 fully saturated rings. The molecule has 0 bridgehead atoms. The van der Waals surface area contributed by atoms with Crippen LogP contribution in [0, 0.1) is 5.92 Å². The van der Waals surface area contributed by atoms with Gasteiger partial charge >= 0.3 is 0 Å². The van der Waals surface area contributed by atoms with Crippen LogP contribution in [0.15, 0.2) is 30.5 Å². The number of benzene rings is 1. The molecule has 0 radical (unpaired) electrons. The number of fused-ring (bicyclic) bond motifs is 1. The average molecular weight is 256 g/mol. The number of H-pyrrole nitrogens is 1. The maximum absolute atomic E-state index is 3.39. The summed E-state index contributed by atoms with van der Waals surface area (Å²) >= 11 is 0. The Morgan fingerprint density at radius 1 is 1.26 bits per heavy atom. The fourth-order valence-electron chi connectivity index (χ4n) is 3.30. The Bertz CT molecular complexity index is 543. The first-order valence-electron chi connectivity index (χ1n) is 7.57. The van der Waals surface area contributed by atoms with Gasteiger partial charge in [0.25, 0.3) is 0 Å². The molecule has 3 rings (SSSR count). The van der Waals surface area contributed by atoms with Crippen LogP contribution in [0.2, 0.25) is 0 Å². The summed E-state index contributed by atoms with van der Waals surface area (Å²) in [5, 5.41) is 1.38. The molecule has 2 unspecified atom stereocenters. The minimum absolute atomic E-state index is 0.719. The number of hydrogen-bond acceptors (Lipinski definition) is 1. The number of para-hydroxylation sites is 1. The maximum atomic E-state index is 3.39. The highest BCUT2D eigenvalue weighted by Gasteiger charge is 2.24. The van der Waals surface area contributed by atoms with Gasteiger partial charge in [0.2, 0.25) is 0 Å². The molecule has 1 aliphatic rings. The van der Waals surface area contributed by atoms with Crippen LogP contribution < -0.4 is 0 Å². The van der Waals surface area contributed by atoms with Gasteiger partial charge in [-0.1, -0.05) is 31.5 Å². The van der Waals surface area contributed by atoms with Gasteiger partial charge in [-0.25, -0.2) is 0 Å². The fourth-order valence-corrected chi connectivity index (χ4v) is 3.30.